The predicted molar refractivity (Wildman–Crippen MR) is 114 cm³/mol. The van der Waals surface area contributed by atoms with Crippen molar-refractivity contribution in [2.75, 3.05) is 38.2 Å². The van der Waals surface area contributed by atoms with Gasteiger partial charge in [-0.05, 0) is 42.7 Å². The number of nitrogens with zero attached hydrogens (tertiary/aromatic N) is 1. The van der Waals surface area contributed by atoms with Gasteiger partial charge in [0, 0.05) is 18.3 Å². The van der Waals surface area contributed by atoms with Crippen LogP contribution >= 0.6 is 0 Å². The van der Waals surface area contributed by atoms with E-state index >= 15 is 0 Å². The first-order valence-electron chi connectivity index (χ1n) is 10.4. The van der Waals surface area contributed by atoms with Crippen LogP contribution in [0.5, 0.6) is 11.5 Å². The number of anilines is 1. The minimum absolute atomic E-state index is 0.214. The Morgan fingerprint density at radius 3 is 2.50 bits per heavy atom. The summed E-state index contributed by atoms with van der Waals surface area (Å²) >= 11 is 0. The van der Waals surface area contributed by atoms with Crippen molar-refractivity contribution in [1.29, 1.82) is 0 Å². The Bertz CT molecular complexity index is 828. The fraction of sp³-hybridized carbons (Fsp3) is 0.435. The van der Waals surface area contributed by atoms with Gasteiger partial charge in [0.25, 0.3) is 0 Å². The third-order valence-electron chi connectivity index (χ3n) is 4.71. The van der Waals surface area contributed by atoms with Gasteiger partial charge in [0.05, 0.1) is 26.4 Å². The molecule has 0 bridgehead atoms. The third-order valence-corrected chi connectivity index (χ3v) is 4.71. The Balaban J connectivity index is 1.66. The van der Waals surface area contributed by atoms with Gasteiger partial charge >= 0.3 is 6.03 Å². The fourth-order valence-electron chi connectivity index (χ4n) is 3.16. The van der Waals surface area contributed by atoms with E-state index in [2.05, 4.69) is 5.32 Å². The number of carbonyl (C=O) groups excluding carboxylic acids is 1. The maximum atomic E-state index is 13.2. The summed E-state index contributed by atoms with van der Waals surface area (Å²) in [5, 5.41) is 2.93. The first-order valence-corrected chi connectivity index (χ1v) is 10.4. The van der Waals surface area contributed by atoms with E-state index < -0.39 is 0 Å². The van der Waals surface area contributed by atoms with Crippen LogP contribution in [-0.2, 0) is 4.74 Å². The second-order valence-corrected chi connectivity index (χ2v) is 7.15. The highest BCUT2D eigenvalue weighted by Crippen LogP contribution is 2.31. The second kappa shape index (κ2) is 10.8. The number of nitrogens with one attached hydrogen (secondary N) is 1. The smallest absolute Gasteiger partial charge is 0.322 e. The number of amides is 2. The molecule has 1 saturated heterocycles. The van der Waals surface area contributed by atoms with Gasteiger partial charge in [0.15, 0.2) is 11.5 Å². The largest absolute Gasteiger partial charge is 0.490 e. The lowest BCUT2D eigenvalue weighted by atomic mass is 10.1. The minimum atomic E-state index is -0.295. The second-order valence-electron chi connectivity index (χ2n) is 7.15. The standard InChI is InChI=1S/C23H29FN2O4/c1-3-12-28-20-10-9-19(15-21(20)29-13-4-2)25-23(27)26-11-14-30-22(16-26)17-5-7-18(24)8-6-17/h5-10,15,22H,3-4,11-14,16H2,1-2H3,(H,25,27). The van der Waals surface area contributed by atoms with Crippen LogP contribution in [0.25, 0.3) is 0 Å². The van der Waals surface area contributed by atoms with Crippen LogP contribution in [0.3, 0.4) is 0 Å². The summed E-state index contributed by atoms with van der Waals surface area (Å²) in [5.74, 6) is 0.997. The molecule has 1 atom stereocenters. The van der Waals surface area contributed by atoms with Gasteiger partial charge in [-0.3, -0.25) is 0 Å². The van der Waals surface area contributed by atoms with Crippen LogP contribution < -0.4 is 14.8 Å². The third kappa shape index (κ3) is 5.86. The summed E-state index contributed by atoms with van der Waals surface area (Å²) in [6, 6.07) is 11.4. The summed E-state index contributed by atoms with van der Waals surface area (Å²) in [4.78, 5) is 14.5. The highest BCUT2D eigenvalue weighted by atomic mass is 19.1. The number of carbonyl (C=O) groups is 1. The molecule has 1 aliphatic rings. The lowest BCUT2D eigenvalue weighted by Crippen LogP contribution is -2.44. The molecule has 6 nitrogen and oxygen atoms in total. The summed E-state index contributed by atoms with van der Waals surface area (Å²) < 4.78 is 30.5. The molecule has 1 fully saturated rings. The molecule has 0 aromatic heterocycles. The van der Waals surface area contributed by atoms with E-state index in [1.165, 1.54) is 12.1 Å². The molecule has 0 aliphatic carbocycles. The van der Waals surface area contributed by atoms with Crippen molar-refractivity contribution in [3.8, 4) is 11.5 Å². The SMILES string of the molecule is CCCOc1ccc(NC(=O)N2CCOC(c3ccc(F)cc3)C2)cc1OCCC. The van der Waals surface area contributed by atoms with Gasteiger partial charge in [-0.1, -0.05) is 26.0 Å². The van der Waals surface area contributed by atoms with Crippen LogP contribution in [0.2, 0.25) is 0 Å². The maximum Gasteiger partial charge on any atom is 0.322 e. The van der Waals surface area contributed by atoms with Crippen molar-refractivity contribution in [2.24, 2.45) is 0 Å². The molecule has 2 aromatic rings. The minimum Gasteiger partial charge on any atom is -0.490 e. The number of hydrogen-bond donors (Lipinski definition) is 1. The number of ether oxygens (including phenoxy) is 3. The Kier molecular flexibility index (Phi) is 7.90. The van der Waals surface area contributed by atoms with Gasteiger partial charge in [0.2, 0.25) is 0 Å². The zero-order valence-corrected chi connectivity index (χ0v) is 17.5. The van der Waals surface area contributed by atoms with E-state index in [0.29, 0.717) is 50.1 Å². The first kappa shape index (κ1) is 21.9. The number of hydrogen-bond acceptors (Lipinski definition) is 4. The highest BCUT2D eigenvalue weighted by Gasteiger charge is 2.25. The van der Waals surface area contributed by atoms with Crippen LogP contribution in [0, 0.1) is 5.82 Å². The van der Waals surface area contributed by atoms with Crippen LogP contribution in [0.15, 0.2) is 42.5 Å². The Morgan fingerprint density at radius 2 is 1.80 bits per heavy atom. The molecule has 162 valence electrons. The molecule has 3 rings (SSSR count). The van der Waals surface area contributed by atoms with E-state index in [-0.39, 0.29) is 18.0 Å². The quantitative estimate of drug-likeness (QED) is 0.657. The van der Waals surface area contributed by atoms with Crippen molar-refractivity contribution in [3.05, 3.63) is 53.8 Å². The van der Waals surface area contributed by atoms with E-state index in [9.17, 15) is 9.18 Å². The maximum absolute atomic E-state index is 13.2. The molecule has 1 N–H and O–H groups in total. The molecule has 1 unspecified atom stereocenters. The van der Waals surface area contributed by atoms with E-state index in [0.717, 1.165) is 18.4 Å². The van der Waals surface area contributed by atoms with Crippen LogP contribution in [-0.4, -0.2) is 43.8 Å². The fourth-order valence-corrected chi connectivity index (χ4v) is 3.16. The topological polar surface area (TPSA) is 60.0 Å². The summed E-state index contributed by atoms with van der Waals surface area (Å²) in [7, 11) is 0. The molecule has 2 amide bonds. The number of morpholine rings is 1. The normalized spacial score (nSPS) is 16.2. The van der Waals surface area contributed by atoms with Gasteiger partial charge in [-0.15, -0.1) is 0 Å². The van der Waals surface area contributed by atoms with Gasteiger partial charge in [-0.25, -0.2) is 9.18 Å². The van der Waals surface area contributed by atoms with Crippen molar-refractivity contribution in [2.45, 2.75) is 32.8 Å². The molecule has 0 spiro atoms. The van der Waals surface area contributed by atoms with Crippen molar-refractivity contribution >= 4 is 11.7 Å². The lowest BCUT2D eigenvalue weighted by molar-refractivity contribution is -0.0135. The Labute approximate surface area is 176 Å². The molecule has 1 aliphatic heterocycles. The zero-order valence-electron chi connectivity index (χ0n) is 17.5. The average molecular weight is 416 g/mol. The summed E-state index contributed by atoms with van der Waals surface area (Å²) in [6.45, 7) is 6.56. The van der Waals surface area contributed by atoms with Gasteiger partial charge in [-0.2, -0.15) is 0 Å². The van der Waals surface area contributed by atoms with E-state index in [1.807, 2.05) is 19.9 Å². The van der Waals surface area contributed by atoms with Crippen molar-refractivity contribution < 1.29 is 23.4 Å². The number of urea groups is 1. The number of benzene rings is 2. The monoisotopic (exact) mass is 416 g/mol. The highest BCUT2D eigenvalue weighted by molar-refractivity contribution is 5.89. The molecule has 30 heavy (non-hydrogen) atoms. The average Bonchev–Trinajstić information content (AvgIpc) is 2.77. The van der Waals surface area contributed by atoms with Crippen LogP contribution in [0.1, 0.15) is 38.4 Å². The van der Waals surface area contributed by atoms with Crippen LogP contribution in [0.4, 0.5) is 14.9 Å². The molecule has 1 heterocycles. The van der Waals surface area contributed by atoms with Gasteiger partial charge < -0.3 is 24.4 Å². The molecular formula is C23H29FN2O4. The van der Waals surface area contributed by atoms with E-state index in [1.54, 1.807) is 29.2 Å². The lowest BCUT2D eigenvalue weighted by Gasteiger charge is -2.33. The zero-order chi connectivity index (χ0) is 21.3. The first-order chi connectivity index (χ1) is 14.6. The van der Waals surface area contributed by atoms with Crippen molar-refractivity contribution in [1.82, 2.24) is 4.90 Å². The molecule has 2 aromatic carbocycles. The van der Waals surface area contributed by atoms with E-state index in [4.69, 9.17) is 14.2 Å². The van der Waals surface area contributed by atoms with Gasteiger partial charge in [0.1, 0.15) is 11.9 Å². The van der Waals surface area contributed by atoms with Crippen molar-refractivity contribution in [3.63, 3.8) is 0 Å². The number of halogens is 1. The number of rotatable bonds is 8. The summed E-state index contributed by atoms with van der Waals surface area (Å²) in [5.41, 5.74) is 1.49. The molecule has 0 saturated carbocycles. The molecular weight excluding hydrogens is 387 g/mol. The Morgan fingerprint density at radius 1 is 1.10 bits per heavy atom. The summed E-state index contributed by atoms with van der Waals surface area (Å²) in [6.07, 6.45) is 1.50. The predicted octanol–water partition coefficient (Wildman–Crippen LogP) is 5.01. The molecule has 7 heteroatoms. The Hall–Kier alpha value is -2.80. The molecule has 0 radical (unpaired) electrons.